The fourth-order valence-electron chi connectivity index (χ4n) is 2.88. The van der Waals surface area contributed by atoms with Crippen molar-refractivity contribution in [1.82, 2.24) is 4.90 Å². The first-order chi connectivity index (χ1) is 8.99. The summed E-state index contributed by atoms with van der Waals surface area (Å²) in [5, 5.41) is 10.7. The molecular formula is C14H19BrNO2S. The predicted molar refractivity (Wildman–Crippen MR) is 80.3 cm³/mol. The van der Waals surface area contributed by atoms with E-state index in [2.05, 4.69) is 27.4 Å². The lowest BCUT2D eigenvalue weighted by atomic mass is 9.89. The fraction of sp³-hybridized carbons (Fsp3) is 0.643. The number of halogens is 1. The maximum Gasteiger partial charge on any atom is 0.137 e. The van der Waals surface area contributed by atoms with Gasteiger partial charge in [0, 0.05) is 12.6 Å². The van der Waals surface area contributed by atoms with Crippen molar-refractivity contribution in [1.29, 1.82) is 0 Å². The highest BCUT2D eigenvalue weighted by molar-refractivity contribution is 9.11. The van der Waals surface area contributed by atoms with Crippen LogP contribution in [0.15, 0.2) is 9.85 Å². The van der Waals surface area contributed by atoms with Crippen LogP contribution in [0.5, 0.6) is 5.75 Å². The number of piperidine rings is 1. The molecule has 1 saturated heterocycles. The van der Waals surface area contributed by atoms with Crippen LogP contribution in [-0.2, 0) is 0 Å². The van der Waals surface area contributed by atoms with E-state index in [4.69, 9.17) is 4.74 Å². The van der Waals surface area contributed by atoms with E-state index >= 15 is 0 Å². The van der Waals surface area contributed by atoms with Crippen molar-refractivity contribution in [2.75, 3.05) is 6.54 Å². The molecule has 2 atom stereocenters. The topological polar surface area (TPSA) is 32.7 Å². The number of hydrogen-bond donors (Lipinski definition) is 1. The number of ether oxygens (including phenoxy) is 1. The highest BCUT2D eigenvalue weighted by Gasteiger charge is 2.46. The number of rotatable bonds is 1. The molecular weight excluding hydrogens is 326 g/mol. The number of thiophene rings is 1. The molecule has 0 aliphatic carbocycles. The summed E-state index contributed by atoms with van der Waals surface area (Å²) in [5.74, 6) is 0.913. The molecule has 1 fully saturated rings. The van der Waals surface area contributed by atoms with Crippen LogP contribution in [0.25, 0.3) is 0 Å². The zero-order valence-corrected chi connectivity index (χ0v) is 13.6. The van der Waals surface area contributed by atoms with Crippen molar-refractivity contribution >= 4 is 27.3 Å². The molecule has 0 aromatic carbocycles. The van der Waals surface area contributed by atoms with Crippen molar-refractivity contribution < 1.29 is 9.84 Å². The first-order valence-electron chi connectivity index (χ1n) is 6.74. The summed E-state index contributed by atoms with van der Waals surface area (Å²) >= 11 is 5.20. The van der Waals surface area contributed by atoms with Crippen LogP contribution in [0, 0.1) is 6.54 Å². The molecule has 0 amide bonds. The normalized spacial score (nSPS) is 30.7. The van der Waals surface area contributed by atoms with Crippen LogP contribution in [0.1, 0.15) is 44.0 Å². The SMILES string of the molecule is CC1(C)Oc2cc(Br)sc2[C@@H](N2[CH]CCCC2)[C@@H]1O. The minimum Gasteiger partial charge on any atom is -0.484 e. The summed E-state index contributed by atoms with van der Waals surface area (Å²) < 4.78 is 7.02. The van der Waals surface area contributed by atoms with E-state index in [1.54, 1.807) is 11.3 Å². The van der Waals surface area contributed by atoms with Crippen LogP contribution in [0.2, 0.25) is 0 Å². The molecule has 1 aromatic rings. The molecule has 0 spiro atoms. The Morgan fingerprint density at radius 3 is 2.95 bits per heavy atom. The molecule has 0 unspecified atom stereocenters. The van der Waals surface area contributed by atoms with Gasteiger partial charge in [0.1, 0.15) is 17.5 Å². The van der Waals surface area contributed by atoms with E-state index < -0.39 is 11.7 Å². The Kier molecular flexibility index (Phi) is 3.67. The van der Waals surface area contributed by atoms with Gasteiger partial charge in [-0.3, -0.25) is 4.90 Å². The number of nitrogens with zero attached hydrogens (tertiary/aromatic N) is 1. The maximum atomic E-state index is 10.7. The predicted octanol–water partition coefficient (Wildman–Crippen LogP) is 3.73. The van der Waals surface area contributed by atoms with Crippen molar-refractivity contribution in [3.8, 4) is 5.75 Å². The molecule has 3 heterocycles. The largest absolute Gasteiger partial charge is 0.484 e. The zero-order valence-electron chi connectivity index (χ0n) is 11.2. The zero-order chi connectivity index (χ0) is 13.6. The third-order valence-electron chi connectivity index (χ3n) is 3.94. The first kappa shape index (κ1) is 13.9. The van der Waals surface area contributed by atoms with Gasteiger partial charge in [0.05, 0.1) is 14.7 Å². The van der Waals surface area contributed by atoms with Crippen molar-refractivity contribution in [3.05, 3.63) is 21.3 Å². The van der Waals surface area contributed by atoms with E-state index in [0.29, 0.717) is 0 Å². The van der Waals surface area contributed by atoms with Gasteiger partial charge in [-0.15, -0.1) is 11.3 Å². The van der Waals surface area contributed by atoms with Gasteiger partial charge in [-0.2, -0.15) is 0 Å². The molecule has 2 aliphatic heterocycles. The van der Waals surface area contributed by atoms with E-state index in [9.17, 15) is 5.11 Å². The Bertz CT molecular complexity index is 468. The molecule has 1 radical (unpaired) electrons. The number of hydrogen-bond acceptors (Lipinski definition) is 4. The van der Waals surface area contributed by atoms with Crippen LogP contribution in [0.4, 0.5) is 0 Å². The van der Waals surface area contributed by atoms with Gasteiger partial charge in [0.2, 0.25) is 0 Å². The van der Waals surface area contributed by atoms with E-state index in [0.717, 1.165) is 27.4 Å². The summed E-state index contributed by atoms with van der Waals surface area (Å²) in [4.78, 5) is 3.44. The lowest BCUT2D eigenvalue weighted by molar-refractivity contribution is -0.0887. The van der Waals surface area contributed by atoms with E-state index in [1.807, 2.05) is 19.9 Å². The van der Waals surface area contributed by atoms with E-state index in [-0.39, 0.29) is 6.04 Å². The number of aliphatic hydroxyl groups excluding tert-OH is 1. The minimum absolute atomic E-state index is 0.0235. The van der Waals surface area contributed by atoms with Gasteiger partial charge in [0.25, 0.3) is 0 Å². The van der Waals surface area contributed by atoms with Gasteiger partial charge in [0.15, 0.2) is 0 Å². The Morgan fingerprint density at radius 1 is 1.47 bits per heavy atom. The molecule has 19 heavy (non-hydrogen) atoms. The summed E-state index contributed by atoms with van der Waals surface area (Å²) in [6.45, 7) is 7.19. The highest BCUT2D eigenvalue weighted by Crippen LogP contribution is 2.49. The van der Waals surface area contributed by atoms with Gasteiger partial charge in [-0.1, -0.05) is 6.42 Å². The smallest absolute Gasteiger partial charge is 0.137 e. The number of likely N-dealkylation sites (tertiary alicyclic amines) is 1. The third-order valence-corrected chi connectivity index (χ3v) is 5.63. The quantitative estimate of drug-likeness (QED) is 0.842. The molecule has 3 nitrogen and oxygen atoms in total. The van der Waals surface area contributed by atoms with Crippen LogP contribution in [0.3, 0.4) is 0 Å². The number of fused-ring (bicyclic) bond motifs is 1. The Hall–Kier alpha value is -0.100. The maximum absolute atomic E-state index is 10.7. The van der Waals surface area contributed by atoms with Crippen molar-refractivity contribution in [2.24, 2.45) is 0 Å². The van der Waals surface area contributed by atoms with Crippen molar-refractivity contribution in [2.45, 2.75) is 50.9 Å². The second-order valence-electron chi connectivity index (χ2n) is 5.79. The van der Waals surface area contributed by atoms with Gasteiger partial charge < -0.3 is 9.84 Å². The summed E-state index contributed by atoms with van der Waals surface area (Å²) in [5.41, 5.74) is -0.552. The monoisotopic (exact) mass is 344 g/mol. The average molecular weight is 345 g/mol. The lowest BCUT2D eigenvalue weighted by Crippen LogP contribution is -2.53. The van der Waals surface area contributed by atoms with Crippen molar-refractivity contribution in [3.63, 3.8) is 0 Å². The van der Waals surface area contributed by atoms with Crippen LogP contribution >= 0.6 is 27.3 Å². The van der Waals surface area contributed by atoms with Gasteiger partial charge in [-0.25, -0.2) is 0 Å². The molecule has 3 rings (SSSR count). The first-order valence-corrected chi connectivity index (χ1v) is 8.35. The fourth-order valence-corrected chi connectivity index (χ4v) is 4.58. The summed E-state index contributed by atoms with van der Waals surface area (Å²) in [7, 11) is 0. The Balaban J connectivity index is 1.99. The molecule has 0 bridgehead atoms. The van der Waals surface area contributed by atoms with Gasteiger partial charge >= 0.3 is 0 Å². The number of aliphatic hydroxyl groups is 1. The lowest BCUT2D eigenvalue weighted by Gasteiger charge is -2.45. The molecule has 105 valence electrons. The molecule has 0 saturated carbocycles. The summed E-state index contributed by atoms with van der Waals surface area (Å²) in [6, 6.07) is 2.04. The molecule has 2 aliphatic rings. The molecule has 1 N–H and O–H groups in total. The van der Waals surface area contributed by atoms with Gasteiger partial charge in [-0.05, 0) is 49.2 Å². The van der Waals surface area contributed by atoms with Crippen LogP contribution < -0.4 is 4.74 Å². The second kappa shape index (κ2) is 5.02. The average Bonchev–Trinajstić information content (AvgIpc) is 2.70. The molecule has 1 aromatic heterocycles. The van der Waals surface area contributed by atoms with E-state index in [1.165, 1.54) is 12.8 Å². The third kappa shape index (κ3) is 2.46. The standard InChI is InChI=1S/C14H19BrNO2S/c1-14(2)13(17)11(16-6-4-3-5-7-16)12-9(18-14)8-10(15)19-12/h6,8,11,13,17H,3-5,7H2,1-2H3/t11-,13+/m1/s1. The Morgan fingerprint density at radius 2 is 2.26 bits per heavy atom. The second-order valence-corrected chi connectivity index (χ2v) is 8.25. The molecule has 5 heteroatoms. The minimum atomic E-state index is -0.552. The Labute approximate surface area is 126 Å². The highest BCUT2D eigenvalue weighted by atomic mass is 79.9. The summed E-state index contributed by atoms with van der Waals surface area (Å²) in [6.07, 6.45) is 3.04. The van der Waals surface area contributed by atoms with Crippen LogP contribution in [-0.4, -0.2) is 28.3 Å².